The van der Waals surface area contributed by atoms with Crippen molar-refractivity contribution in [2.24, 2.45) is 0 Å². The number of imidazole rings is 1. The number of carbonyl (C=O) groups is 1. The molecule has 1 unspecified atom stereocenters. The number of methoxy groups -OCH3 is 2. The van der Waals surface area contributed by atoms with Gasteiger partial charge in [0.05, 0.1) is 56.9 Å². The number of nitrogens with one attached hydrogen (secondary N) is 1. The molecule has 2 fully saturated rings. The summed E-state index contributed by atoms with van der Waals surface area (Å²) >= 11 is 3.60. The molecule has 2 aliphatic rings. The number of carbonyl (C=O) groups excluding carboxylic acids is 1. The number of thioether (sulfide) groups is 2. The lowest BCUT2D eigenvalue weighted by molar-refractivity contribution is -0.0912. The number of hydrogen-bond donors (Lipinski definition) is 1. The minimum absolute atomic E-state index is 0.0731. The average Bonchev–Trinajstić information content (AvgIpc) is 3.94. The molecule has 64 heavy (non-hydrogen) atoms. The topological polar surface area (TPSA) is 164 Å². The van der Waals surface area contributed by atoms with Crippen molar-refractivity contribution in [1.82, 2.24) is 24.2 Å². The molecule has 15 nitrogen and oxygen atoms in total. The maximum Gasteiger partial charge on any atom is 0.412 e. The van der Waals surface area contributed by atoms with Crippen LogP contribution in [0.4, 0.5) is 10.6 Å². The van der Waals surface area contributed by atoms with Gasteiger partial charge in [0.15, 0.2) is 17.0 Å². The lowest BCUT2D eigenvalue weighted by Gasteiger charge is -2.39. The first-order valence-electron chi connectivity index (χ1n) is 21.4. The quantitative estimate of drug-likeness (QED) is 0.0445. The molecule has 0 aliphatic carbocycles. The Morgan fingerprint density at radius 2 is 1.56 bits per heavy atom. The number of benzene rings is 3. The second-order valence-corrected chi connectivity index (χ2v) is 20.0. The van der Waals surface area contributed by atoms with Crippen molar-refractivity contribution in [2.75, 3.05) is 50.9 Å². The van der Waals surface area contributed by atoms with Crippen LogP contribution in [0.25, 0.3) is 11.2 Å². The van der Waals surface area contributed by atoms with Gasteiger partial charge in [0, 0.05) is 18.5 Å². The second-order valence-electron chi connectivity index (χ2n) is 15.7. The molecule has 5 aromatic rings. The summed E-state index contributed by atoms with van der Waals surface area (Å²) < 4.78 is 48.8. The van der Waals surface area contributed by atoms with E-state index in [1.165, 1.54) is 6.33 Å². The monoisotopic (exact) mass is 929 g/mol. The van der Waals surface area contributed by atoms with Gasteiger partial charge in [-0.15, -0.1) is 23.5 Å². The summed E-state index contributed by atoms with van der Waals surface area (Å²) in [7, 11) is 1.62. The van der Waals surface area contributed by atoms with Crippen LogP contribution in [0.5, 0.6) is 11.5 Å². The first-order valence-corrected chi connectivity index (χ1v) is 24.6. The summed E-state index contributed by atoms with van der Waals surface area (Å²) in [5.41, 5.74) is 2.37. The molecule has 0 bridgehead atoms. The van der Waals surface area contributed by atoms with Crippen molar-refractivity contribution in [3.8, 4) is 17.6 Å². The Bertz CT molecular complexity index is 2240. The van der Waals surface area contributed by atoms with Crippen LogP contribution >= 0.6 is 32.0 Å². The van der Waals surface area contributed by atoms with Gasteiger partial charge in [0.2, 0.25) is 0 Å². The maximum absolute atomic E-state index is 13.0. The van der Waals surface area contributed by atoms with Gasteiger partial charge in [0.1, 0.15) is 42.4 Å². The number of amides is 1. The molecule has 18 heteroatoms. The summed E-state index contributed by atoms with van der Waals surface area (Å²) in [6, 6.07) is 28.2. The van der Waals surface area contributed by atoms with E-state index in [0.717, 1.165) is 34.6 Å². The third kappa shape index (κ3) is 11.1. The number of rotatable bonds is 20. The Morgan fingerprint density at radius 1 is 0.922 bits per heavy atom. The summed E-state index contributed by atoms with van der Waals surface area (Å²) in [5.74, 6) is 3.76. The molecular formula is C46H56N7O8PS2. The van der Waals surface area contributed by atoms with Crippen LogP contribution in [-0.2, 0) is 28.9 Å². The van der Waals surface area contributed by atoms with Gasteiger partial charge in [-0.25, -0.2) is 24.4 Å². The third-order valence-electron chi connectivity index (χ3n) is 10.8. The van der Waals surface area contributed by atoms with Crippen molar-refractivity contribution in [1.29, 1.82) is 5.26 Å². The van der Waals surface area contributed by atoms with E-state index in [1.54, 1.807) is 44.1 Å². The van der Waals surface area contributed by atoms with E-state index >= 15 is 0 Å². The summed E-state index contributed by atoms with van der Waals surface area (Å²) in [4.78, 5) is 26.6. The van der Waals surface area contributed by atoms with Gasteiger partial charge in [-0.3, -0.25) is 9.88 Å². The van der Waals surface area contributed by atoms with Crippen molar-refractivity contribution >= 4 is 55.1 Å². The minimum atomic E-state index is -1.67. The molecule has 2 aromatic heterocycles. The number of aromatic nitrogens is 4. The number of nitrogens with zero attached hydrogens (tertiary/aromatic N) is 6. The molecule has 3 aromatic carbocycles. The smallest absolute Gasteiger partial charge is 0.412 e. The zero-order valence-corrected chi connectivity index (χ0v) is 39.5. The number of ether oxygens (including phenoxy) is 5. The Balaban J connectivity index is 1.24. The SMILES string of the molecule is COc1ccc(C(OC[C@H]2O[C@@H](n3cnc4c(NC(=O)OCC5SCCCS5)ncnc43)C[C@@H]2OP(OCCC#N)N(C(C)C)C(C)C)(c2ccccc2)c2ccc(OC)cc2)cc1. The number of anilines is 1. The fourth-order valence-corrected chi connectivity index (χ4v) is 12.3. The van der Waals surface area contributed by atoms with Crippen molar-refractivity contribution in [3.63, 3.8) is 0 Å². The van der Waals surface area contributed by atoms with E-state index in [4.69, 9.17) is 32.7 Å². The van der Waals surface area contributed by atoms with Crippen molar-refractivity contribution in [3.05, 3.63) is 108 Å². The number of fused-ring (bicyclic) bond motifs is 1. The highest BCUT2D eigenvalue weighted by atomic mass is 32.2. The maximum atomic E-state index is 13.0. The lowest BCUT2D eigenvalue weighted by atomic mass is 9.80. The normalized spacial score (nSPS) is 18.7. The van der Waals surface area contributed by atoms with Crippen LogP contribution in [-0.4, -0.2) is 105 Å². The van der Waals surface area contributed by atoms with E-state index in [2.05, 4.69) is 70.8 Å². The van der Waals surface area contributed by atoms with Crippen LogP contribution < -0.4 is 14.8 Å². The fourth-order valence-electron chi connectivity index (χ4n) is 7.89. The van der Waals surface area contributed by atoms with Crippen molar-refractivity contribution < 1.29 is 37.5 Å². The standard InChI is InChI=1S/C46H56N7O8PS2/c1-31(2)53(32(3)4)62(59-23-10-22-47)61-38-26-40(52-30-50-42-43(48-29-49-44(42)52)51-45(54)57-28-41-63-24-11-25-64-41)60-39(38)27-58-46(33-12-8-7-9-13-33,34-14-18-36(55-5)19-15-34)35-16-20-37(56-6)21-17-35/h7-9,12-21,29-32,38-41H,10-11,23-28H2,1-6H3,(H,48,49,51,54)/t38-,39+,40+,62?/m0/s1. The van der Waals surface area contributed by atoms with Gasteiger partial charge < -0.3 is 32.7 Å². The van der Waals surface area contributed by atoms with Crippen LogP contribution in [0.1, 0.15) is 69.9 Å². The van der Waals surface area contributed by atoms with Crippen LogP contribution in [0.15, 0.2) is 91.5 Å². The van der Waals surface area contributed by atoms with Crippen molar-refractivity contribution in [2.45, 2.75) is 87.7 Å². The summed E-state index contributed by atoms with van der Waals surface area (Å²) in [6.07, 6.45) is 2.35. The molecule has 0 saturated carbocycles. The highest BCUT2D eigenvalue weighted by Gasteiger charge is 2.45. The van der Waals surface area contributed by atoms with E-state index < -0.39 is 38.7 Å². The van der Waals surface area contributed by atoms with E-state index in [1.807, 2.05) is 71.3 Å². The minimum Gasteiger partial charge on any atom is -0.497 e. The Morgan fingerprint density at radius 3 is 2.17 bits per heavy atom. The van der Waals surface area contributed by atoms with Gasteiger partial charge in [-0.1, -0.05) is 54.6 Å². The average molecular weight is 930 g/mol. The Labute approximate surface area is 384 Å². The van der Waals surface area contributed by atoms with Crippen LogP contribution in [0.3, 0.4) is 0 Å². The largest absolute Gasteiger partial charge is 0.497 e. The first kappa shape index (κ1) is 47.5. The molecule has 340 valence electrons. The summed E-state index contributed by atoms with van der Waals surface area (Å²) in [5, 5.41) is 12.2. The third-order valence-corrected chi connectivity index (χ3v) is 15.9. The highest BCUT2D eigenvalue weighted by molar-refractivity contribution is 8.17. The van der Waals surface area contributed by atoms with E-state index in [0.29, 0.717) is 35.7 Å². The van der Waals surface area contributed by atoms with Gasteiger partial charge in [-0.2, -0.15) is 5.26 Å². The van der Waals surface area contributed by atoms with Crippen LogP contribution in [0, 0.1) is 11.3 Å². The Kier molecular flexibility index (Phi) is 16.8. The van der Waals surface area contributed by atoms with Gasteiger partial charge in [0.25, 0.3) is 8.53 Å². The molecule has 7 rings (SSSR count). The molecule has 0 radical (unpaired) electrons. The molecule has 2 saturated heterocycles. The zero-order valence-electron chi connectivity index (χ0n) is 37.0. The summed E-state index contributed by atoms with van der Waals surface area (Å²) in [6.45, 7) is 8.99. The predicted molar refractivity (Wildman–Crippen MR) is 250 cm³/mol. The number of nitriles is 1. The van der Waals surface area contributed by atoms with Gasteiger partial charge in [-0.05, 0) is 86.6 Å². The predicted octanol–water partition coefficient (Wildman–Crippen LogP) is 9.55. The van der Waals surface area contributed by atoms with E-state index in [9.17, 15) is 10.1 Å². The highest BCUT2D eigenvalue weighted by Crippen LogP contribution is 2.51. The molecule has 4 heterocycles. The Hall–Kier alpha value is -4.50. The molecular weight excluding hydrogens is 874 g/mol. The molecule has 0 spiro atoms. The fraction of sp³-hybridized carbons (Fsp3) is 0.457. The van der Waals surface area contributed by atoms with Crippen LogP contribution in [0.2, 0.25) is 0 Å². The lowest BCUT2D eigenvalue weighted by Crippen LogP contribution is -2.39. The zero-order chi connectivity index (χ0) is 45.1. The molecule has 1 amide bonds. The van der Waals surface area contributed by atoms with E-state index in [-0.39, 0.29) is 42.1 Å². The second kappa shape index (κ2) is 22.6. The first-order chi connectivity index (χ1) is 31.1. The molecule has 2 aliphatic heterocycles. The molecule has 1 N–H and O–H groups in total. The van der Waals surface area contributed by atoms with Gasteiger partial charge >= 0.3 is 6.09 Å². The number of hydrogen-bond acceptors (Lipinski definition) is 15. The molecule has 4 atom stereocenters.